The first kappa shape index (κ1) is 13.7. The monoisotopic (exact) mass is 200 g/mol. The Morgan fingerprint density at radius 1 is 0.714 bits per heavy atom. The Morgan fingerprint density at radius 3 is 1.21 bits per heavy atom. The first-order valence-corrected chi connectivity index (χ1v) is 5.62. The molecule has 2 heteroatoms. The van der Waals surface area contributed by atoms with Crippen LogP contribution in [0.25, 0.3) is 0 Å². The highest BCUT2D eigenvalue weighted by Crippen LogP contribution is 1.98. The van der Waals surface area contributed by atoms with Crippen molar-refractivity contribution in [2.45, 2.75) is 13.8 Å². The summed E-state index contributed by atoms with van der Waals surface area (Å²) in [6.07, 6.45) is 4.64. The molecule has 0 fully saturated rings. The molecule has 0 aromatic carbocycles. The lowest BCUT2D eigenvalue weighted by Gasteiger charge is -2.28. The van der Waals surface area contributed by atoms with Crippen LogP contribution in [0.5, 0.6) is 0 Å². The molecular weight excluding hydrogens is 172 g/mol. The standard InChI is InChI=1S/C12H28N2/c1-7-13(3,4)11-9-10-12-14(5,6)8-2/h9-10H,7-8,11-12H2,1-6H3/q+2/b10-9+. The summed E-state index contributed by atoms with van der Waals surface area (Å²) in [5, 5.41) is 0. The van der Waals surface area contributed by atoms with E-state index < -0.39 is 0 Å². The van der Waals surface area contributed by atoms with E-state index in [2.05, 4.69) is 54.2 Å². The molecule has 0 aromatic rings. The van der Waals surface area contributed by atoms with Crippen molar-refractivity contribution in [1.29, 1.82) is 0 Å². The summed E-state index contributed by atoms with van der Waals surface area (Å²) in [5.41, 5.74) is 0. The summed E-state index contributed by atoms with van der Waals surface area (Å²) in [6, 6.07) is 0. The Bertz CT molecular complexity index is 161. The van der Waals surface area contributed by atoms with Crippen LogP contribution in [0.3, 0.4) is 0 Å². The molecule has 0 spiro atoms. The van der Waals surface area contributed by atoms with E-state index in [0.717, 1.165) is 22.1 Å². The van der Waals surface area contributed by atoms with Gasteiger partial charge in [0.15, 0.2) is 0 Å². The van der Waals surface area contributed by atoms with Crippen LogP contribution >= 0.6 is 0 Å². The average molecular weight is 200 g/mol. The van der Waals surface area contributed by atoms with E-state index in [-0.39, 0.29) is 0 Å². The summed E-state index contributed by atoms with van der Waals surface area (Å²) < 4.78 is 2.16. The highest BCUT2D eigenvalue weighted by molar-refractivity contribution is 4.81. The fraction of sp³-hybridized carbons (Fsp3) is 0.833. The average Bonchev–Trinajstić information content (AvgIpc) is 2.13. The highest BCUT2D eigenvalue weighted by Gasteiger charge is 2.10. The van der Waals surface area contributed by atoms with E-state index >= 15 is 0 Å². The molecule has 0 saturated carbocycles. The Labute approximate surface area is 90.0 Å². The summed E-state index contributed by atoms with van der Waals surface area (Å²) in [4.78, 5) is 0. The second kappa shape index (κ2) is 5.52. The third kappa shape index (κ3) is 6.17. The van der Waals surface area contributed by atoms with Crippen molar-refractivity contribution in [3.63, 3.8) is 0 Å². The van der Waals surface area contributed by atoms with Crippen LogP contribution in [-0.4, -0.2) is 63.3 Å². The van der Waals surface area contributed by atoms with Gasteiger partial charge in [0, 0.05) is 0 Å². The van der Waals surface area contributed by atoms with Crippen molar-refractivity contribution >= 4 is 0 Å². The van der Waals surface area contributed by atoms with E-state index in [1.54, 1.807) is 0 Å². The van der Waals surface area contributed by atoms with E-state index in [0.29, 0.717) is 0 Å². The maximum atomic E-state index is 2.32. The summed E-state index contributed by atoms with van der Waals surface area (Å²) in [6.45, 7) is 9.13. The van der Waals surface area contributed by atoms with E-state index in [1.807, 2.05) is 0 Å². The molecule has 0 bridgehead atoms. The van der Waals surface area contributed by atoms with Gasteiger partial charge in [0.2, 0.25) is 0 Å². The number of quaternary nitrogens is 2. The maximum absolute atomic E-state index is 2.32. The summed E-state index contributed by atoms with van der Waals surface area (Å²) in [7, 11) is 9.07. The lowest BCUT2D eigenvalue weighted by molar-refractivity contribution is -0.885. The van der Waals surface area contributed by atoms with Gasteiger partial charge in [0.25, 0.3) is 0 Å². The normalized spacial score (nSPS) is 13.9. The third-order valence-electron chi connectivity index (χ3n) is 3.08. The number of hydrogen-bond acceptors (Lipinski definition) is 0. The first-order chi connectivity index (χ1) is 6.33. The highest BCUT2D eigenvalue weighted by atomic mass is 15.3. The molecule has 2 nitrogen and oxygen atoms in total. The minimum atomic E-state index is 1.08. The zero-order chi connectivity index (χ0) is 11.2. The van der Waals surface area contributed by atoms with Crippen molar-refractivity contribution in [2.75, 3.05) is 54.4 Å². The largest absolute Gasteiger partial charge is 0.325 e. The summed E-state index contributed by atoms with van der Waals surface area (Å²) >= 11 is 0. The van der Waals surface area contributed by atoms with Crippen LogP contribution in [0.2, 0.25) is 0 Å². The molecule has 0 heterocycles. The molecule has 0 saturated heterocycles. The molecule has 14 heavy (non-hydrogen) atoms. The molecule has 0 aliphatic heterocycles. The number of likely N-dealkylation sites (N-methyl/N-ethyl adjacent to an activating group) is 2. The zero-order valence-electron chi connectivity index (χ0n) is 10.9. The second-order valence-corrected chi connectivity index (χ2v) is 5.34. The quantitative estimate of drug-likeness (QED) is 0.452. The number of nitrogens with zero attached hydrogens (tertiary/aromatic N) is 2. The molecule has 0 unspecified atom stereocenters. The Kier molecular flexibility index (Phi) is 5.38. The number of rotatable bonds is 6. The molecule has 0 atom stereocenters. The van der Waals surface area contributed by atoms with Gasteiger partial charge < -0.3 is 8.97 Å². The van der Waals surface area contributed by atoms with Gasteiger partial charge in [-0.2, -0.15) is 0 Å². The van der Waals surface area contributed by atoms with E-state index in [9.17, 15) is 0 Å². The van der Waals surface area contributed by atoms with E-state index in [1.165, 1.54) is 13.1 Å². The minimum absolute atomic E-state index is 1.08. The van der Waals surface area contributed by atoms with Gasteiger partial charge in [0.05, 0.1) is 54.4 Å². The van der Waals surface area contributed by atoms with Crippen LogP contribution in [0.15, 0.2) is 12.2 Å². The molecule has 84 valence electrons. The lowest BCUT2D eigenvalue weighted by Crippen LogP contribution is -2.40. The van der Waals surface area contributed by atoms with Gasteiger partial charge in [0.1, 0.15) is 0 Å². The molecule has 0 rings (SSSR count). The molecular formula is C12H28N2+2. The van der Waals surface area contributed by atoms with Crippen molar-refractivity contribution in [1.82, 2.24) is 0 Å². The molecule has 0 radical (unpaired) electrons. The van der Waals surface area contributed by atoms with Crippen molar-refractivity contribution in [3.8, 4) is 0 Å². The van der Waals surface area contributed by atoms with Crippen LogP contribution in [0, 0.1) is 0 Å². The predicted molar refractivity (Wildman–Crippen MR) is 64.2 cm³/mol. The Hall–Kier alpha value is -0.340. The summed E-state index contributed by atoms with van der Waals surface area (Å²) in [5.74, 6) is 0. The zero-order valence-corrected chi connectivity index (χ0v) is 10.9. The second-order valence-electron chi connectivity index (χ2n) is 5.34. The van der Waals surface area contributed by atoms with Gasteiger partial charge >= 0.3 is 0 Å². The Morgan fingerprint density at radius 2 is 1.00 bits per heavy atom. The molecule has 0 aliphatic carbocycles. The first-order valence-electron chi connectivity index (χ1n) is 5.62. The third-order valence-corrected chi connectivity index (χ3v) is 3.08. The van der Waals surface area contributed by atoms with Crippen molar-refractivity contribution in [2.24, 2.45) is 0 Å². The van der Waals surface area contributed by atoms with Crippen LogP contribution in [0.1, 0.15) is 13.8 Å². The van der Waals surface area contributed by atoms with E-state index in [4.69, 9.17) is 0 Å². The SMILES string of the molecule is CC[N+](C)(C)C/C=C/C[N+](C)(C)CC. The van der Waals surface area contributed by atoms with Gasteiger partial charge in [-0.1, -0.05) is 0 Å². The lowest BCUT2D eigenvalue weighted by atomic mass is 10.3. The van der Waals surface area contributed by atoms with Crippen LogP contribution < -0.4 is 0 Å². The smallest absolute Gasteiger partial charge is 0.0971 e. The van der Waals surface area contributed by atoms with Crippen molar-refractivity contribution in [3.05, 3.63) is 12.2 Å². The van der Waals surface area contributed by atoms with Gasteiger partial charge in [-0.15, -0.1) is 0 Å². The fourth-order valence-electron chi connectivity index (χ4n) is 0.978. The van der Waals surface area contributed by atoms with Gasteiger partial charge in [-0.3, -0.25) is 0 Å². The topological polar surface area (TPSA) is 0 Å². The molecule has 0 aromatic heterocycles. The molecule has 0 amide bonds. The minimum Gasteiger partial charge on any atom is -0.325 e. The Balaban J connectivity index is 3.86. The number of hydrogen-bond donors (Lipinski definition) is 0. The van der Waals surface area contributed by atoms with Crippen molar-refractivity contribution < 1.29 is 8.97 Å². The predicted octanol–water partition coefficient (Wildman–Crippen LogP) is 1.74. The molecule has 0 N–H and O–H groups in total. The van der Waals surface area contributed by atoms with Crippen LogP contribution in [-0.2, 0) is 0 Å². The van der Waals surface area contributed by atoms with Gasteiger partial charge in [-0.05, 0) is 26.0 Å². The maximum Gasteiger partial charge on any atom is 0.0971 e. The molecule has 0 aliphatic rings. The van der Waals surface area contributed by atoms with Gasteiger partial charge in [-0.25, -0.2) is 0 Å². The fourth-order valence-corrected chi connectivity index (χ4v) is 0.978. The van der Waals surface area contributed by atoms with Crippen LogP contribution in [0.4, 0.5) is 0 Å².